The van der Waals surface area contributed by atoms with Gasteiger partial charge in [-0.25, -0.2) is 0 Å². The molecule has 0 aliphatic carbocycles. The van der Waals surface area contributed by atoms with Crippen LogP contribution in [-0.2, 0) is 11.3 Å². The van der Waals surface area contributed by atoms with E-state index in [1.54, 1.807) is 7.11 Å². The zero-order valence-electron chi connectivity index (χ0n) is 18.1. The molecular weight excluding hydrogens is 384 g/mol. The average Bonchev–Trinajstić information content (AvgIpc) is 2.85. The third kappa shape index (κ3) is 3.98. The van der Waals surface area contributed by atoms with Crippen LogP contribution in [-0.4, -0.2) is 36.1 Å². The van der Waals surface area contributed by atoms with Crippen molar-refractivity contribution in [1.82, 2.24) is 9.88 Å². The van der Waals surface area contributed by atoms with Gasteiger partial charge in [0.1, 0.15) is 5.75 Å². The molecule has 1 aromatic heterocycles. The van der Waals surface area contributed by atoms with Gasteiger partial charge in [0.05, 0.1) is 25.3 Å². The van der Waals surface area contributed by atoms with E-state index in [1.165, 1.54) is 17.5 Å². The molecule has 6 rings (SSSR count). The van der Waals surface area contributed by atoms with Crippen LogP contribution in [0.3, 0.4) is 0 Å². The number of fused-ring (bicyclic) bond motifs is 4. The first-order valence-corrected chi connectivity index (χ1v) is 11.2. The number of methoxy groups -OCH3 is 1. The SMILES string of the molecule is C=CC1CN2CCC1CC2C(OCc1ccccc1)c1ccnc2ccc(OC)cc12. The van der Waals surface area contributed by atoms with Gasteiger partial charge in [0.25, 0.3) is 0 Å². The van der Waals surface area contributed by atoms with Crippen molar-refractivity contribution in [1.29, 1.82) is 0 Å². The molecule has 5 atom stereocenters. The van der Waals surface area contributed by atoms with Crippen LogP contribution in [0.2, 0.25) is 0 Å². The van der Waals surface area contributed by atoms with Crippen LogP contribution in [0.5, 0.6) is 5.75 Å². The molecule has 0 N–H and O–H groups in total. The lowest BCUT2D eigenvalue weighted by Crippen LogP contribution is -2.55. The van der Waals surface area contributed by atoms with Crippen LogP contribution >= 0.6 is 0 Å². The van der Waals surface area contributed by atoms with Crippen molar-refractivity contribution in [3.8, 4) is 5.75 Å². The highest BCUT2D eigenvalue weighted by Gasteiger charge is 2.43. The number of ether oxygens (including phenoxy) is 2. The van der Waals surface area contributed by atoms with Crippen molar-refractivity contribution < 1.29 is 9.47 Å². The first-order valence-electron chi connectivity index (χ1n) is 11.2. The summed E-state index contributed by atoms with van der Waals surface area (Å²) in [6.07, 6.45) is 6.44. The summed E-state index contributed by atoms with van der Waals surface area (Å²) in [5, 5.41) is 1.11. The van der Waals surface area contributed by atoms with Crippen LogP contribution < -0.4 is 4.74 Å². The van der Waals surface area contributed by atoms with Crippen molar-refractivity contribution in [3.63, 3.8) is 0 Å². The van der Waals surface area contributed by atoms with E-state index in [2.05, 4.69) is 58.9 Å². The maximum absolute atomic E-state index is 6.72. The summed E-state index contributed by atoms with van der Waals surface area (Å²) >= 11 is 0. The minimum atomic E-state index is -0.0219. The Bertz CT molecular complexity index is 1050. The minimum absolute atomic E-state index is 0.0219. The predicted octanol–water partition coefficient (Wildman–Crippen LogP) is 5.40. The molecule has 5 unspecified atom stereocenters. The number of benzene rings is 2. The van der Waals surface area contributed by atoms with Crippen LogP contribution in [0.4, 0.5) is 0 Å². The van der Waals surface area contributed by atoms with E-state index in [1.807, 2.05) is 24.4 Å². The first kappa shape index (κ1) is 20.2. The molecule has 3 aromatic rings. The highest BCUT2D eigenvalue weighted by atomic mass is 16.5. The summed E-state index contributed by atoms with van der Waals surface area (Å²) in [6, 6.07) is 19.0. The summed E-state index contributed by atoms with van der Waals surface area (Å²) in [5.41, 5.74) is 3.38. The Morgan fingerprint density at radius 1 is 1.19 bits per heavy atom. The van der Waals surface area contributed by atoms with Gasteiger partial charge in [-0.05, 0) is 66.6 Å². The normalized spacial score (nSPS) is 26.0. The molecule has 0 spiro atoms. The number of pyridine rings is 1. The van der Waals surface area contributed by atoms with Gasteiger partial charge in [0, 0.05) is 24.2 Å². The zero-order valence-corrected chi connectivity index (χ0v) is 18.1. The number of piperidine rings is 3. The number of hydrogen-bond acceptors (Lipinski definition) is 4. The number of rotatable bonds is 7. The van der Waals surface area contributed by atoms with Crippen molar-refractivity contribution in [3.05, 3.63) is 84.6 Å². The maximum atomic E-state index is 6.72. The quantitative estimate of drug-likeness (QED) is 0.485. The third-order valence-corrected chi connectivity index (χ3v) is 7.06. The van der Waals surface area contributed by atoms with E-state index in [0.29, 0.717) is 24.5 Å². The summed E-state index contributed by atoms with van der Waals surface area (Å²) in [4.78, 5) is 7.22. The molecule has 3 fully saturated rings. The van der Waals surface area contributed by atoms with E-state index in [0.717, 1.165) is 36.2 Å². The Kier molecular flexibility index (Phi) is 5.75. The fraction of sp³-hybridized carbons (Fsp3) is 0.370. The van der Waals surface area contributed by atoms with E-state index in [4.69, 9.17) is 9.47 Å². The molecule has 4 heterocycles. The highest BCUT2D eigenvalue weighted by molar-refractivity contribution is 5.84. The standard InChI is InChI=1S/C27H30N2O2/c1-3-20-17-29-14-12-21(20)15-26(29)27(31-18-19-7-5-4-6-8-19)23-11-13-28-25-10-9-22(30-2)16-24(23)25/h3-11,13,16,20-21,26-27H,1,12,14-15,17-18H2,2H3. The summed E-state index contributed by atoms with van der Waals surface area (Å²) in [7, 11) is 1.71. The van der Waals surface area contributed by atoms with Crippen LogP contribution in [0.1, 0.15) is 30.1 Å². The summed E-state index contributed by atoms with van der Waals surface area (Å²) in [5.74, 6) is 2.13. The maximum Gasteiger partial charge on any atom is 0.119 e. The molecule has 4 nitrogen and oxygen atoms in total. The lowest BCUT2D eigenvalue weighted by molar-refractivity contribution is -0.0803. The van der Waals surface area contributed by atoms with Gasteiger partial charge in [-0.2, -0.15) is 0 Å². The Morgan fingerprint density at radius 3 is 2.81 bits per heavy atom. The minimum Gasteiger partial charge on any atom is -0.497 e. The Balaban J connectivity index is 1.53. The topological polar surface area (TPSA) is 34.6 Å². The number of nitrogens with zero attached hydrogens (tertiary/aromatic N) is 2. The van der Waals surface area contributed by atoms with Gasteiger partial charge < -0.3 is 9.47 Å². The van der Waals surface area contributed by atoms with Crippen molar-refractivity contribution in [2.24, 2.45) is 11.8 Å². The zero-order chi connectivity index (χ0) is 21.2. The van der Waals surface area contributed by atoms with Crippen molar-refractivity contribution >= 4 is 10.9 Å². The van der Waals surface area contributed by atoms with Crippen LogP contribution in [0.15, 0.2) is 73.4 Å². The van der Waals surface area contributed by atoms with Gasteiger partial charge in [-0.3, -0.25) is 9.88 Å². The largest absolute Gasteiger partial charge is 0.497 e. The second-order valence-electron chi connectivity index (χ2n) is 8.75. The first-order chi connectivity index (χ1) is 15.3. The number of hydrogen-bond donors (Lipinski definition) is 0. The third-order valence-electron chi connectivity index (χ3n) is 7.06. The predicted molar refractivity (Wildman–Crippen MR) is 124 cm³/mol. The Morgan fingerprint density at radius 2 is 2.06 bits per heavy atom. The average molecular weight is 415 g/mol. The van der Waals surface area contributed by atoms with Gasteiger partial charge >= 0.3 is 0 Å². The molecule has 0 radical (unpaired) electrons. The van der Waals surface area contributed by atoms with Crippen molar-refractivity contribution in [2.45, 2.75) is 31.6 Å². The smallest absolute Gasteiger partial charge is 0.119 e. The number of aromatic nitrogens is 1. The molecule has 3 aliphatic rings. The van der Waals surface area contributed by atoms with Crippen LogP contribution in [0.25, 0.3) is 10.9 Å². The second-order valence-corrected chi connectivity index (χ2v) is 8.75. The van der Waals surface area contributed by atoms with Gasteiger partial charge in [0.2, 0.25) is 0 Å². The lowest BCUT2D eigenvalue weighted by atomic mass is 9.73. The van der Waals surface area contributed by atoms with E-state index in [9.17, 15) is 0 Å². The molecular formula is C27H30N2O2. The fourth-order valence-electron chi connectivity index (χ4n) is 5.38. The van der Waals surface area contributed by atoms with Gasteiger partial charge in [0.15, 0.2) is 0 Å². The molecule has 2 bridgehead atoms. The molecule has 0 saturated carbocycles. The summed E-state index contributed by atoms with van der Waals surface area (Å²) in [6.45, 7) is 6.90. The van der Waals surface area contributed by atoms with E-state index in [-0.39, 0.29) is 6.10 Å². The van der Waals surface area contributed by atoms with Gasteiger partial charge in [-0.1, -0.05) is 36.4 Å². The Labute approximate surface area is 184 Å². The van der Waals surface area contributed by atoms with E-state index >= 15 is 0 Å². The Hall–Kier alpha value is -2.69. The molecule has 4 heteroatoms. The lowest BCUT2D eigenvalue weighted by Gasteiger charge is -2.51. The fourth-order valence-corrected chi connectivity index (χ4v) is 5.38. The molecule has 3 saturated heterocycles. The highest BCUT2D eigenvalue weighted by Crippen LogP contribution is 2.43. The molecule has 2 aromatic carbocycles. The van der Waals surface area contributed by atoms with Gasteiger partial charge in [-0.15, -0.1) is 6.58 Å². The molecule has 31 heavy (non-hydrogen) atoms. The van der Waals surface area contributed by atoms with Crippen LogP contribution in [0, 0.1) is 11.8 Å². The molecule has 0 amide bonds. The molecule has 160 valence electrons. The molecule has 3 aliphatic heterocycles. The van der Waals surface area contributed by atoms with Crippen molar-refractivity contribution in [2.75, 3.05) is 20.2 Å². The second kappa shape index (κ2) is 8.81. The summed E-state index contributed by atoms with van der Waals surface area (Å²) < 4.78 is 12.2. The van der Waals surface area contributed by atoms with E-state index < -0.39 is 0 Å². The monoisotopic (exact) mass is 414 g/mol.